The maximum Gasteiger partial charge on any atom is 0.291 e. The van der Waals surface area contributed by atoms with Crippen LogP contribution in [0.25, 0.3) is 0 Å². The number of nitrogens with zero attached hydrogens (tertiary/aromatic N) is 2. The SMILES string of the molecule is COCC[NH+](Cn1nc(Cc2ccccc2)oc1=S)[C@@H]1CCS(=O)(=O)C1. The van der Waals surface area contributed by atoms with Crippen LogP contribution in [0.4, 0.5) is 0 Å². The van der Waals surface area contributed by atoms with E-state index in [0.29, 0.717) is 43.4 Å². The molecule has 1 aliphatic heterocycles. The van der Waals surface area contributed by atoms with Crippen molar-refractivity contribution in [1.82, 2.24) is 9.78 Å². The number of hydrogen-bond donors (Lipinski definition) is 1. The number of aromatic nitrogens is 2. The Bertz CT molecular complexity index is 877. The number of ether oxygens (including phenoxy) is 1. The zero-order valence-electron chi connectivity index (χ0n) is 14.8. The summed E-state index contributed by atoms with van der Waals surface area (Å²) in [5, 5.41) is 4.50. The van der Waals surface area contributed by atoms with Gasteiger partial charge in [-0.15, -0.1) is 5.10 Å². The third kappa shape index (κ3) is 5.00. The minimum absolute atomic E-state index is 0.0336. The van der Waals surface area contributed by atoms with Gasteiger partial charge < -0.3 is 14.1 Å². The molecule has 9 heteroatoms. The molecule has 142 valence electrons. The summed E-state index contributed by atoms with van der Waals surface area (Å²) in [5.74, 6) is 1.01. The number of methoxy groups -OCH3 is 1. The summed E-state index contributed by atoms with van der Waals surface area (Å²) in [6.45, 7) is 1.72. The Kier molecular flexibility index (Phi) is 6.23. The average molecular weight is 399 g/mol. The van der Waals surface area contributed by atoms with Crippen LogP contribution in [0.15, 0.2) is 34.7 Å². The minimum Gasteiger partial charge on any atom is -0.413 e. The summed E-state index contributed by atoms with van der Waals surface area (Å²) in [4.78, 5) is 1.41. The van der Waals surface area contributed by atoms with E-state index in [2.05, 4.69) is 5.10 Å². The van der Waals surface area contributed by atoms with Crippen molar-refractivity contribution in [2.45, 2.75) is 25.6 Å². The monoisotopic (exact) mass is 398 g/mol. The van der Waals surface area contributed by atoms with Crippen LogP contribution in [0.3, 0.4) is 0 Å². The van der Waals surface area contributed by atoms with Gasteiger partial charge in [-0.1, -0.05) is 30.3 Å². The van der Waals surface area contributed by atoms with E-state index in [1.165, 1.54) is 0 Å². The van der Waals surface area contributed by atoms with E-state index in [1.54, 1.807) is 11.8 Å². The first-order valence-corrected chi connectivity index (χ1v) is 10.8. The van der Waals surface area contributed by atoms with Crippen LogP contribution in [-0.2, 0) is 27.7 Å². The zero-order valence-corrected chi connectivity index (χ0v) is 16.4. The Labute approximate surface area is 158 Å². The van der Waals surface area contributed by atoms with Crippen molar-refractivity contribution in [3.05, 3.63) is 46.6 Å². The van der Waals surface area contributed by atoms with Crippen molar-refractivity contribution in [2.24, 2.45) is 0 Å². The summed E-state index contributed by atoms with van der Waals surface area (Å²) in [6.07, 6.45) is 1.23. The van der Waals surface area contributed by atoms with E-state index in [0.717, 1.165) is 10.5 Å². The Morgan fingerprint density at radius 3 is 2.81 bits per heavy atom. The lowest BCUT2D eigenvalue weighted by Crippen LogP contribution is -3.16. The van der Waals surface area contributed by atoms with Crippen LogP contribution in [-0.4, -0.2) is 56.0 Å². The first-order chi connectivity index (χ1) is 12.5. The van der Waals surface area contributed by atoms with Gasteiger partial charge in [0.05, 0.1) is 18.8 Å². The molecule has 0 radical (unpaired) electrons. The third-order valence-corrected chi connectivity index (χ3v) is 6.70. The number of benzene rings is 1. The number of hydrogen-bond acceptors (Lipinski definition) is 6. The Hall–Kier alpha value is -1.55. The van der Waals surface area contributed by atoms with E-state index >= 15 is 0 Å². The Balaban J connectivity index is 1.73. The van der Waals surface area contributed by atoms with Crippen LogP contribution in [0.2, 0.25) is 0 Å². The largest absolute Gasteiger partial charge is 0.413 e. The van der Waals surface area contributed by atoms with E-state index in [-0.39, 0.29) is 17.5 Å². The number of rotatable bonds is 8. The van der Waals surface area contributed by atoms with Crippen LogP contribution in [0.5, 0.6) is 0 Å². The molecule has 1 saturated heterocycles. The number of quaternary nitrogens is 1. The average Bonchev–Trinajstić information content (AvgIpc) is 3.14. The second kappa shape index (κ2) is 8.43. The molecule has 1 N–H and O–H groups in total. The number of sulfone groups is 1. The molecule has 2 atom stereocenters. The van der Waals surface area contributed by atoms with Crippen molar-refractivity contribution in [3.8, 4) is 0 Å². The summed E-state index contributed by atoms with van der Waals surface area (Å²) < 4.78 is 36.2. The summed E-state index contributed by atoms with van der Waals surface area (Å²) >= 11 is 5.31. The Morgan fingerprint density at radius 1 is 1.38 bits per heavy atom. The number of nitrogens with one attached hydrogen (secondary N) is 1. The van der Waals surface area contributed by atoms with Crippen molar-refractivity contribution < 1.29 is 22.5 Å². The van der Waals surface area contributed by atoms with Crippen LogP contribution in [0.1, 0.15) is 17.9 Å². The molecule has 3 rings (SSSR count). The highest BCUT2D eigenvalue weighted by Crippen LogP contribution is 2.10. The second-order valence-electron chi connectivity index (χ2n) is 6.58. The quantitative estimate of drug-likeness (QED) is 0.652. The zero-order chi connectivity index (χ0) is 18.6. The molecule has 7 nitrogen and oxygen atoms in total. The van der Waals surface area contributed by atoms with E-state index < -0.39 is 9.84 Å². The molecule has 2 aromatic rings. The molecule has 0 amide bonds. The maximum atomic E-state index is 11.8. The van der Waals surface area contributed by atoms with Crippen molar-refractivity contribution in [2.75, 3.05) is 31.8 Å². The van der Waals surface area contributed by atoms with Gasteiger partial charge >= 0.3 is 0 Å². The molecule has 0 aliphatic carbocycles. The lowest BCUT2D eigenvalue weighted by Gasteiger charge is -2.24. The molecule has 1 aliphatic rings. The van der Waals surface area contributed by atoms with Gasteiger partial charge in [0.2, 0.25) is 5.89 Å². The van der Waals surface area contributed by atoms with Gasteiger partial charge in [-0.25, -0.2) is 8.42 Å². The fourth-order valence-electron chi connectivity index (χ4n) is 3.25. The first kappa shape index (κ1) is 19.2. The molecule has 0 saturated carbocycles. The molecular weight excluding hydrogens is 374 g/mol. The van der Waals surface area contributed by atoms with Gasteiger partial charge in [0.1, 0.15) is 18.3 Å². The standard InChI is InChI=1S/C17H23N3O4S2/c1-23-9-8-19(15-7-10-26(21,22)12-15)13-20-17(25)24-16(18-20)11-14-5-3-2-4-6-14/h2-6,15H,7-13H2,1H3/p+1/t15-/m1/s1. The van der Waals surface area contributed by atoms with Gasteiger partial charge in [0.25, 0.3) is 4.84 Å². The fraction of sp³-hybridized carbons (Fsp3) is 0.529. The Morgan fingerprint density at radius 2 is 2.15 bits per heavy atom. The molecule has 0 spiro atoms. The van der Waals surface area contributed by atoms with Gasteiger partial charge in [0.15, 0.2) is 16.5 Å². The smallest absolute Gasteiger partial charge is 0.291 e. The van der Waals surface area contributed by atoms with Crippen molar-refractivity contribution in [1.29, 1.82) is 0 Å². The van der Waals surface area contributed by atoms with Gasteiger partial charge in [0, 0.05) is 13.5 Å². The van der Waals surface area contributed by atoms with Crippen LogP contribution < -0.4 is 4.90 Å². The highest BCUT2D eigenvalue weighted by Gasteiger charge is 2.35. The predicted octanol–water partition coefficient (Wildman–Crippen LogP) is 0.472. The molecule has 2 heterocycles. The van der Waals surface area contributed by atoms with Crippen LogP contribution in [0, 0.1) is 4.84 Å². The van der Waals surface area contributed by atoms with E-state index in [4.69, 9.17) is 21.4 Å². The molecule has 0 bridgehead atoms. The topological polar surface area (TPSA) is 78.8 Å². The normalized spacial score (nSPS) is 20.3. The van der Waals surface area contributed by atoms with Crippen molar-refractivity contribution in [3.63, 3.8) is 0 Å². The third-order valence-electron chi connectivity index (χ3n) is 4.64. The lowest BCUT2D eigenvalue weighted by molar-refractivity contribution is -0.945. The van der Waals surface area contributed by atoms with Gasteiger partial charge in [-0.3, -0.25) is 0 Å². The highest BCUT2D eigenvalue weighted by atomic mass is 32.2. The molecule has 1 aromatic carbocycles. The fourth-order valence-corrected chi connectivity index (χ4v) is 5.27. The van der Waals surface area contributed by atoms with Gasteiger partial charge in [-0.2, -0.15) is 4.68 Å². The molecule has 1 unspecified atom stereocenters. The first-order valence-electron chi connectivity index (χ1n) is 8.61. The maximum absolute atomic E-state index is 11.8. The molecule has 26 heavy (non-hydrogen) atoms. The predicted molar refractivity (Wildman–Crippen MR) is 99.3 cm³/mol. The summed E-state index contributed by atoms with van der Waals surface area (Å²) in [6, 6.07) is 9.96. The molecule has 1 fully saturated rings. The van der Waals surface area contributed by atoms with Crippen molar-refractivity contribution >= 4 is 22.1 Å². The van der Waals surface area contributed by atoms with Crippen LogP contribution >= 0.6 is 12.2 Å². The molecular formula is C17H24N3O4S2+. The summed E-state index contributed by atoms with van der Waals surface area (Å²) in [7, 11) is -1.30. The van der Waals surface area contributed by atoms with Gasteiger partial charge in [-0.05, 0) is 17.8 Å². The highest BCUT2D eigenvalue weighted by molar-refractivity contribution is 7.91. The van der Waals surface area contributed by atoms with E-state index in [1.807, 2.05) is 30.3 Å². The minimum atomic E-state index is -2.94. The summed E-state index contributed by atoms with van der Waals surface area (Å²) in [5.41, 5.74) is 1.10. The lowest BCUT2D eigenvalue weighted by atomic mass is 10.2. The molecule has 1 aromatic heterocycles. The van der Waals surface area contributed by atoms with E-state index in [9.17, 15) is 8.42 Å². The second-order valence-corrected chi connectivity index (χ2v) is 9.16.